The van der Waals surface area contributed by atoms with E-state index in [1.807, 2.05) is 0 Å². The predicted octanol–water partition coefficient (Wildman–Crippen LogP) is 5.13. The topological polar surface area (TPSA) is 9.23 Å². The van der Waals surface area contributed by atoms with Crippen molar-refractivity contribution in [3.05, 3.63) is 0 Å². The molecule has 0 aromatic carbocycles. The van der Waals surface area contributed by atoms with Crippen molar-refractivity contribution < 1.29 is 35.5 Å². The SMILES string of the molecule is CCCC[C@H](I)C[C@@](F)(OC(F)(F)F)C(F)(F)F. The van der Waals surface area contributed by atoms with E-state index in [0.717, 1.165) is 0 Å². The highest BCUT2D eigenvalue weighted by Crippen LogP contribution is 2.44. The minimum Gasteiger partial charge on any atom is -0.245 e. The van der Waals surface area contributed by atoms with Gasteiger partial charge in [-0.05, 0) is 6.42 Å². The number of alkyl halides is 8. The first-order chi connectivity index (χ1) is 7.91. The second-order valence-corrected chi connectivity index (χ2v) is 5.48. The van der Waals surface area contributed by atoms with Crippen molar-refractivity contribution in [1.82, 2.24) is 0 Å². The molecule has 9 heteroatoms. The smallest absolute Gasteiger partial charge is 0.245 e. The van der Waals surface area contributed by atoms with Crippen molar-refractivity contribution in [3.63, 3.8) is 0 Å². The number of hydrogen-bond donors (Lipinski definition) is 0. The molecule has 0 aromatic heterocycles. The minimum atomic E-state index is -5.72. The highest BCUT2D eigenvalue weighted by atomic mass is 127. The number of rotatable bonds is 6. The quantitative estimate of drug-likeness (QED) is 0.344. The van der Waals surface area contributed by atoms with Crippen LogP contribution < -0.4 is 0 Å². The highest BCUT2D eigenvalue weighted by molar-refractivity contribution is 14.1. The van der Waals surface area contributed by atoms with Gasteiger partial charge in [0.15, 0.2) is 0 Å². The van der Waals surface area contributed by atoms with E-state index in [9.17, 15) is 30.7 Å². The number of halogens is 8. The molecule has 18 heavy (non-hydrogen) atoms. The van der Waals surface area contributed by atoms with Crippen LogP contribution in [0.25, 0.3) is 0 Å². The Morgan fingerprint density at radius 2 is 1.56 bits per heavy atom. The van der Waals surface area contributed by atoms with Gasteiger partial charge in [0.1, 0.15) is 0 Å². The average Bonchev–Trinajstić information content (AvgIpc) is 2.09. The van der Waals surface area contributed by atoms with Crippen LogP contribution in [0.1, 0.15) is 32.6 Å². The zero-order valence-corrected chi connectivity index (χ0v) is 11.5. The van der Waals surface area contributed by atoms with Crippen molar-refractivity contribution >= 4 is 22.6 Å². The van der Waals surface area contributed by atoms with E-state index in [2.05, 4.69) is 4.74 Å². The highest BCUT2D eigenvalue weighted by Gasteiger charge is 2.62. The van der Waals surface area contributed by atoms with E-state index < -0.39 is 28.7 Å². The molecule has 0 aromatic rings. The fourth-order valence-corrected chi connectivity index (χ4v) is 2.22. The van der Waals surface area contributed by atoms with Crippen LogP contribution in [0.3, 0.4) is 0 Å². The molecule has 0 heterocycles. The van der Waals surface area contributed by atoms with Crippen LogP contribution >= 0.6 is 22.6 Å². The third-order valence-corrected chi connectivity index (χ3v) is 3.12. The Bertz CT molecular complexity index is 252. The summed E-state index contributed by atoms with van der Waals surface area (Å²) in [6, 6.07) is 0. The van der Waals surface area contributed by atoms with E-state index >= 15 is 0 Å². The molecule has 1 nitrogen and oxygen atoms in total. The summed E-state index contributed by atoms with van der Waals surface area (Å²) >= 11 is 1.49. The van der Waals surface area contributed by atoms with Crippen molar-refractivity contribution in [2.24, 2.45) is 0 Å². The summed E-state index contributed by atoms with van der Waals surface area (Å²) < 4.78 is 87.6. The Morgan fingerprint density at radius 1 is 1.06 bits per heavy atom. The van der Waals surface area contributed by atoms with Crippen LogP contribution in [0, 0.1) is 0 Å². The minimum absolute atomic E-state index is 0.194. The molecular formula is C9H12F7IO. The molecule has 0 spiro atoms. The third-order valence-electron chi connectivity index (χ3n) is 2.06. The maximum atomic E-state index is 13.4. The van der Waals surface area contributed by atoms with Gasteiger partial charge in [0.2, 0.25) is 0 Å². The Morgan fingerprint density at radius 3 is 1.89 bits per heavy atom. The predicted molar refractivity (Wildman–Crippen MR) is 59.0 cm³/mol. The van der Waals surface area contributed by atoms with Gasteiger partial charge in [-0.25, -0.2) is 9.13 Å². The molecular weight excluding hydrogens is 384 g/mol. The average molecular weight is 396 g/mol. The fraction of sp³-hybridized carbons (Fsp3) is 1.00. The molecule has 0 aliphatic carbocycles. The van der Waals surface area contributed by atoms with Crippen molar-refractivity contribution in [3.8, 4) is 0 Å². The molecule has 0 saturated carbocycles. The fourth-order valence-electron chi connectivity index (χ4n) is 1.21. The standard InChI is InChI=1S/C9H12F7IO/c1-2-3-4-6(17)5-7(10,8(11,12)13)18-9(14,15)16/h6H,2-5H2,1H3/t6-,7+/m0/s1. The van der Waals surface area contributed by atoms with Crippen LogP contribution in [-0.4, -0.2) is 22.3 Å². The first-order valence-electron chi connectivity index (χ1n) is 5.08. The molecule has 0 saturated heterocycles. The first kappa shape index (κ1) is 18.2. The van der Waals surface area contributed by atoms with Gasteiger partial charge in [-0.1, -0.05) is 42.4 Å². The Hall–Kier alpha value is 0.200. The number of hydrogen-bond acceptors (Lipinski definition) is 1. The van der Waals surface area contributed by atoms with Crippen molar-refractivity contribution in [2.45, 2.75) is 54.9 Å². The van der Waals surface area contributed by atoms with E-state index in [4.69, 9.17) is 0 Å². The molecule has 0 bridgehead atoms. The molecule has 0 amide bonds. The maximum absolute atomic E-state index is 13.4. The van der Waals surface area contributed by atoms with E-state index in [1.165, 1.54) is 22.6 Å². The van der Waals surface area contributed by atoms with Crippen LogP contribution in [-0.2, 0) is 4.74 Å². The molecule has 0 radical (unpaired) electrons. The summed E-state index contributed by atoms with van der Waals surface area (Å²) in [5.74, 6) is -4.69. The molecule has 0 aliphatic heterocycles. The van der Waals surface area contributed by atoms with Gasteiger partial charge < -0.3 is 0 Å². The summed E-state index contributed by atoms with van der Waals surface area (Å²) in [5.41, 5.74) is 0. The normalized spacial score (nSPS) is 18.5. The second kappa shape index (κ2) is 6.58. The Balaban J connectivity index is 4.79. The van der Waals surface area contributed by atoms with E-state index in [0.29, 0.717) is 12.8 Å². The van der Waals surface area contributed by atoms with Crippen LogP contribution in [0.2, 0.25) is 0 Å². The molecule has 110 valence electrons. The summed E-state index contributed by atoms with van der Waals surface area (Å²) in [6.45, 7) is 1.77. The third kappa shape index (κ3) is 6.39. The van der Waals surface area contributed by atoms with E-state index in [-0.39, 0.29) is 6.42 Å². The van der Waals surface area contributed by atoms with Crippen molar-refractivity contribution in [2.75, 3.05) is 0 Å². The maximum Gasteiger partial charge on any atom is 0.525 e. The van der Waals surface area contributed by atoms with Gasteiger partial charge in [-0.2, -0.15) is 13.2 Å². The first-order valence-corrected chi connectivity index (χ1v) is 6.32. The zero-order valence-electron chi connectivity index (χ0n) is 9.34. The summed E-state index contributed by atoms with van der Waals surface area (Å²) in [6.07, 6.45) is -11.4. The monoisotopic (exact) mass is 396 g/mol. The van der Waals surface area contributed by atoms with Crippen LogP contribution in [0.15, 0.2) is 0 Å². The molecule has 0 fully saturated rings. The lowest BCUT2D eigenvalue weighted by molar-refractivity contribution is -0.448. The van der Waals surface area contributed by atoms with Gasteiger partial charge >= 0.3 is 18.4 Å². The van der Waals surface area contributed by atoms with Crippen molar-refractivity contribution in [1.29, 1.82) is 0 Å². The Labute approximate surface area is 113 Å². The summed E-state index contributed by atoms with van der Waals surface area (Å²) in [7, 11) is 0. The lowest BCUT2D eigenvalue weighted by Gasteiger charge is -2.30. The van der Waals surface area contributed by atoms with Gasteiger partial charge in [-0.15, -0.1) is 13.2 Å². The molecule has 0 aliphatic rings. The van der Waals surface area contributed by atoms with E-state index in [1.54, 1.807) is 6.92 Å². The van der Waals surface area contributed by atoms with Gasteiger partial charge in [0.05, 0.1) is 0 Å². The molecule has 0 N–H and O–H groups in total. The largest absolute Gasteiger partial charge is 0.525 e. The summed E-state index contributed by atoms with van der Waals surface area (Å²) in [4.78, 5) is 0. The molecule has 0 unspecified atom stereocenters. The lowest BCUT2D eigenvalue weighted by atomic mass is 10.1. The van der Waals surface area contributed by atoms with Crippen LogP contribution in [0.5, 0.6) is 0 Å². The zero-order chi connectivity index (χ0) is 14.6. The Kier molecular flexibility index (Phi) is 6.65. The van der Waals surface area contributed by atoms with Gasteiger partial charge in [0, 0.05) is 10.3 Å². The molecule has 0 rings (SSSR count). The second-order valence-electron chi connectivity index (χ2n) is 3.72. The molecule has 2 atom stereocenters. The van der Waals surface area contributed by atoms with Crippen LogP contribution in [0.4, 0.5) is 30.7 Å². The number of ether oxygens (including phenoxy) is 1. The summed E-state index contributed by atoms with van der Waals surface area (Å²) in [5, 5.41) is 0. The van der Waals surface area contributed by atoms with Gasteiger partial charge in [-0.3, -0.25) is 0 Å². The number of unbranched alkanes of at least 4 members (excludes halogenated alkanes) is 1. The van der Waals surface area contributed by atoms with Gasteiger partial charge in [0.25, 0.3) is 0 Å². The lowest BCUT2D eigenvalue weighted by Crippen LogP contribution is -2.48.